The van der Waals surface area contributed by atoms with Gasteiger partial charge in [-0.05, 0) is 63.0 Å². The summed E-state index contributed by atoms with van der Waals surface area (Å²) >= 11 is 0. The number of hydrogen-bond acceptors (Lipinski definition) is 3. The van der Waals surface area contributed by atoms with Crippen molar-refractivity contribution in [3.05, 3.63) is 47.8 Å². The first-order chi connectivity index (χ1) is 10.6. The fraction of sp³-hybridized carbons (Fsp3) is 0.412. The van der Waals surface area contributed by atoms with Crippen LogP contribution in [0, 0.1) is 13.8 Å². The van der Waals surface area contributed by atoms with Crippen molar-refractivity contribution in [1.29, 1.82) is 0 Å². The maximum Gasteiger partial charge on any atom is 0.252 e. The molecule has 2 heterocycles. The van der Waals surface area contributed by atoms with Gasteiger partial charge in [0.1, 0.15) is 5.54 Å². The van der Waals surface area contributed by atoms with Gasteiger partial charge >= 0.3 is 0 Å². The second-order valence-corrected chi connectivity index (χ2v) is 6.00. The summed E-state index contributed by atoms with van der Waals surface area (Å²) in [5.41, 5.74) is 2.49. The Morgan fingerprint density at radius 1 is 1.30 bits per heavy atom. The molecule has 1 aliphatic heterocycles. The van der Waals surface area contributed by atoms with Gasteiger partial charge in [-0.15, -0.1) is 12.4 Å². The van der Waals surface area contributed by atoms with Gasteiger partial charge in [0.05, 0.1) is 0 Å². The third kappa shape index (κ3) is 3.41. The molecule has 1 fully saturated rings. The number of hydrogen-bond donors (Lipinski definition) is 2. The Morgan fingerprint density at radius 3 is 2.70 bits per heavy atom. The molecular formula is C17H23ClN4O. The number of carbonyl (C=O) groups excluding carboxylic acids is 1. The Balaban J connectivity index is 0.00000192. The predicted molar refractivity (Wildman–Crippen MR) is 94.1 cm³/mol. The number of nitrogens with one attached hydrogen (secondary N) is 2. The van der Waals surface area contributed by atoms with Crippen molar-refractivity contribution in [3.8, 4) is 0 Å². The van der Waals surface area contributed by atoms with Gasteiger partial charge in [0.25, 0.3) is 5.91 Å². The molecule has 124 valence electrons. The van der Waals surface area contributed by atoms with Crippen LogP contribution in [0.5, 0.6) is 0 Å². The lowest BCUT2D eigenvalue weighted by atomic mass is 9.87. The van der Waals surface area contributed by atoms with E-state index < -0.39 is 5.54 Å². The van der Waals surface area contributed by atoms with Crippen LogP contribution in [-0.4, -0.2) is 28.8 Å². The summed E-state index contributed by atoms with van der Waals surface area (Å²) < 4.78 is 1.81. The maximum absolute atomic E-state index is 13.1. The van der Waals surface area contributed by atoms with E-state index in [-0.39, 0.29) is 18.3 Å². The zero-order valence-corrected chi connectivity index (χ0v) is 14.3. The minimum absolute atomic E-state index is 0. The molecule has 3 rings (SSSR count). The molecule has 0 unspecified atom stereocenters. The molecule has 0 bridgehead atoms. The number of halogens is 1. The van der Waals surface area contributed by atoms with Crippen LogP contribution in [0.15, 0.2) is 36.7 Å². The van der Waals surface area contributed by atoms with E-state index in [4.69, 9.17) is 0 Å². The van der Waals surface area contributed by atoms with Crippen LogP contribution in [-0.2, 0) is 10.3 Å². The summed E-state index contributed by atoms with van der Waals surface area (Å²) in [6, 6.07) is 7.98. The highest BCUT2D eigenvalue weighted by molar-refractivity contribution is 5.97. The van der Waals surface area contributed by atoms with E-state index in [1.54, 1.807) is 6.20 Å². The van der Waals surface area contributed by atoms with Crippen molar-refractivity contribution in [2.45, 2.75) is 32.2 Å². The number of amides is 1. The molecule has 2 aromatic rings. The highest BCUT2D eigenvalue weighted by Crippen LogP contribution is 2.29. The largest absolute Gasteiger partial charge is 0.324 e. The lowest BCUT2D eigenvalue weighted by Crippen LogP contribution is -2.52. The van der Waals surface area contributed by atoms with Crippen LogP contribution in [0.2, 0.25) is 0 Å². The molecule has 1 saturated heterocycles. The second-order valence-electron chi connectivity index (χ2n) is 6.00. The third-order valence-electron chi connectivity index (χ3n) is 4.44. The maximum atomic E-state index is 13.1. The Bertz CT molecular complexity index is 663. The van der Waals surface area contributed by atoms with Crippen molar-refractivity contribution in [1.82, 2.24) is 15.1 Å². The van der Waals surface area contributed by atoms with E-state index in [1.807, 2.05) is 42.9 Å². The average molecular weight is 335 g/mol. The fourth-order valence-electron chi connectivity index (χ4n) is 3.03. The number of nitrogens with zero attached hydrogens (tertiary/aromatic N) is 2. The zero-order chi connectivity index (χ0) is 15.6. The van der Waals surface area contributed by atoms with Crippen molar-refractivity contribution < 1.29 is 4.79 Å². The summed E-state index contributed by atoms with van der Waals surface area (Å²) in [5.74, 6) is 0.0198. The van der Waals surface area contributed by atoms with Gasteiger partial charge in [0, 0.05) is 18.1 Å². The minimum Gasteiger partial charge on any atom is -0.324 e. The van der Waals surface area contributed by atoms with E-state index in [2.05, 4.69) is 21.8 Å². The molecule has 0 spiro atoms. The topological polar surface area (TPSA) is 59.0 Å². The number of piperidine rings is 1. The molecule has 6 heteroatoms. The van der Waals surface area contributed by atoms with Crippen LogP contribution in [0.4, 0.5) is 5.69 Å². The van der Waals surface area contributed by atoms with Crippen LogP contribution >= 0.6 is 12.4 Å². The van der Waals surface area contributed by atoms with Crippen molar-refractivity contribution in [3.63, 3.8) is 0 Å². The van der Waals surface area contributed by atoms with Crippen LogP contribution in [0.25, 0.3) is 0 Å². The van der Waals surface area contributed by atoms with Crippen molar-refractivity contribution in [2.24, 2.45) is 0 Å². The molecule has 1 aromatic carbocycles. The minimum atomic E-state index is -0.606. The van der Waals surface area contributed by atoms with Gasteiger partial charge in [0.2, 0.25) is 0 Å². The quantitative estimate of drug-likeness (QED) is 0.907. The monoisotopic (exact) mass is 334 g/mol. The van der Waals surface area contributed by atoms with Crippen molar-refractivity contribution in [2.75, 3.05) is 18.4 Å². The number of aromatic nitrogens is 2. The first kappa shape index (κ1) is 17.5. The average Bonchev–Trinajstić information content (AvgIpc) is 3.06. The lowest BCUT2D eigenvalue weighted by molar-refractivity contribution is -0.126. The molecular weight excluding hydrogens is 312 g/mol. The molecule has 0 aliphatic carbocycles. The summed E-state index contributed by atoms with van der Waals surface area (Å²) in [6.07, 6.45) is 5.10. The van der Waals surface area contributed by atoms with Gasteiger partial charge in [0.15, 0.2) is 0 Å². The van der Waals surface area contributed by atoms with Gasteiger partial charge in [-0.2, -0.15) is 5.10 Å². The first-order valence-electron chi connectivity index (χ1n) is 7.71. The van der Waals surface area contributed by atoms with Gasteiger partial charge < -0.3 is 10.6 Å². The highest BCUT2D eigenvalue weighted by Gasteiger charge is 2.42. The van der Waals surface area contributed by atoms with E-state index >= 15 is 0 Å². The van der Waals surface area contributed by atoms with Gasteiger partial charge in [-0.3, -0.25) is 9.48 Å². The molecule has 0 atom stereocenters. The Morgan fingerprint density at radius 2 is 2.04 bits per heavy atom. The summed E-state index contributed by atoms with van der Waals surface area (Å²) in [6.45, 7) is 5.68. The number of rotatable bonds is 3. The van der Waals surface area contributed by atoms with Crippen LogP contribution < -0.4 is 10.6 Å². The Hall–Kier alpha value is -1.85. The molecule has 2 N–H and O–H groups in total. The molecule has 23 heavy (non-hydrogen) atoms. The highest BCUT2D eigenvalue weighted by atomic mass is 35.5. The molecule has 5 nitrogen and oxygen atoms in total. The van der Waals surface area contributed by atoms with E-state index in [9.17, 15) is 4.79 Å². The Kier molecular flexibility index (Phi) is 5.44. The van der Waals surface area contributed by atoms with Crippen molar-refractivity contribution >= 4 is 24.0 Å². The van der Waals surface area contributed by atoms with E-state index in [0.717, 1.165) is 42.7 Å². The van der Waals surface area contributed by atoms with Crippen LogP contribution in [0.1, 0.15) is 24.0 Å². The zero-order valence-electron chi connectivity index (χ0n) is 13.5. The van der Waals surface area contributed by atoms with Gasteiger partial charge in [-0.1, -0.05) is 12.1 Å². The molecule has 0 saturated carbocycles. The normalized spacial score (nSPS) is 16.4. The fourth-order valence-corrected chi connectivity index (χ4v) is 3.03. The molecule has 1 amide bonds. The molecule has 1 aliphatic rings. The summed E-state index contributed by atoms with van der Waals surface area (Å²) in [5, 5.41) is 10.8. The number of anilines is 1. The van der Waals surface area contributed by atoms with Gasteiger partial charge in [-0.25, -0.2) is 0 Å². The second kappa shape index (κ2) is 7.15. The standard InChI is InChI=1S/C17H22N4O.ClH/c1-13-4-5-14(2)15(12-13)20-16(22)17(6-9-18-10-7-17)21-11-3-8-19-21;/h3-5,8,11-12,18H,6-7,9-10H2,1-2H3,(H,20,22);1H. The molecule has 1 aromatic heterocycles. The van der Waals surface area contributed by atoms with E-state index in [1.165, 1.54) is 0 Å². The van der Waals surface area contributed by atoms with Crippen LogP contribution in [0.3, 0.4) is 0 Å². The number of benzene rings is 1. The Labute approximate surface area is 142 Å². The predicted octanol–water partition coefficient (Wildman–Crippen LogP) is 2.64. The smallest absolute Gasteiger partial charge is 0.252 e. The lowest BCUT2D eigenvalue weighted by Gasteiger charge is -2.36. The summed E-state index contributed by atoms with van der Waals surface area (Å²) in [7, 11) is 0. The molecule has 0 radical (unpaired) electrons. The summed E-state index contributed by atoms with van der Waals surface area (Å²) in [4.78, 5) is 13.1. The number of carbonyl (C=O) groups is 1. The number of aryl methyl sites for hydroxylation is 2. The third-order valence-corrected chi connectivity index (χ3v) is 4.44. The van der Waals surface area contributed by atoms with E-state index in [0.29, 0.717) is 0 Å². The SMILES string of the molecule is Cc1ccc(C)c(NC(=O)C2(n3cccn3)CCNCC2)c1.Cl. The first-order valence-corrected chi connectivity index (χ1v) is 7.71.